The monoisotopic (exact) mass is 200 g/mol. The fourth-order valence-corrected chi connectivity index (χ4v) is 2.56. The molecule has 2 fully saturated rings. The summed E-state index contributed by atoms with van der Waals surface area (Å²) in [7, 11) is 0. The molecule has 0 saturated carbocycles. The third kappa shape index (κ3) is 1.56. The van der Waals surface area contributed by atoms with Gasteiger partial charge in [-0.3, -0.25) is 0 Å². The average Bonchev–Trinajstić information content (AvgIpc) is 2.16. The fourth-order valence-electron chi connectivity index (χ4n) is 2.56. The number of nitrogens with one attached hydrogen (secondary N) is 1. The maximum atomic E-state index is 10.2. The number of aliphatic hydroxyl groups is 1. The second-order valence-corrected chi connectivity index (χ2v) is 4.82. The van der Waals surface area contributed by atoms with E-state index in [-0.39, 0.29) is 5.60 Å². The number of rotatable bonds is 0. The minimum absolute atomic E-state index is 0.382. The van der Waals surface area contributed by atoms with Crippen molar-refractivity contribution in [3.05, 3.63) is 0 Å². The van der Waals surface area contributed by atoms with Crippen LogP contribution in [0.15, 0.2) is 0 Å². The van der Waals surface area contributed by atoms with Gasteiger partial charge in [-0.15, -0.1) is 0 Å². The highest BCUT2D eigenvalue weighted by molar-refractivity contribution is 5.05. The van der Waals surface area contributed by atoms with Gasteiger partial charge in [-0.05, 0) is 39.3 Å². The van der Waals surface area contributed by atoms with E-state index in [4.69, 9.17) is 10.5 Å². The SMILES string of the molecule is C[C@@]1(N)CCOC2(CCNCC2)[C@H]1O. The molecule has 2 saturated heterocycles. The van der Waals surface area contributed by atoms with E-state index in [1.54, 1.807) is 0 Å². The van der Waals surface area contributed by atoms with Crippen molar-refractivity contribution >= 4 is 0 Å². The predicted molar refractivity (Wildman–Crippen MR) is 54.0 cm³/mol. The number of piperidine rings is 1. The van der Waals surface area contributed by atoms with Gasteiger partial charge in [0, 0.05) is 12.1 Å². The van der Waals surface area contributed by atoms with E-state index in [1.807, 2.05) is 6.92 Å². The summed E-state index contributed by atoms with van der Waals surface area (Å²) in [6.07, 6.45) is 1.93. The van der Waals surface area contributed by atoms with Crippen molar-refractivity contribution in [3.63, 3.8) is 0 Å². The molecule has 2 heterocycles. The van der Waals surface area contributed by atoms with Gasteiger partial charge in [0.05, 0.1) is 5.60 Å². The summed E-state index contributed by atoms with van der Waals surface area (Å²) >= 11 is 0. The van der Waals surface area contributed by atoms with Gasteiger partial charge >= 0.3 is 0 Å². The number of nitrogens with two attached hydrogens (primary N) is 1. The van der Waals surface area contributed by atoms with Gasteiger partial charge in [-0.1, -0.05) is 0 Å². The van der Waals surface area contributed by atoms with Crippen molar-refractivity contribution < 1.29 is 9.84 Å². The Hall–Kier alpha value is -0.160. The van der Waals surface area contributed by atoms with Crippen LogP contribution in [0.4, 0.5) is 0 Å². The second kappa shape index (κ2) is 3.45. The van der Waals surface area contributed by atoms with Crippen molar-refractivity contribution in [1.29, 1.82) is 0 Å². The maximum absolute atomic E-state index is 10.2. The Morgan fingerprint density at radius 3 is 2.64 bits per heavy atom. The molecule has 2 atom stereocenters. The van der Waals surface area contributed by atoms with Crippen molar-refractivity contribution in [3.8, 4) is 0 Å². The van der Waals surface area contributed by atoms with E-state index in [1.165, 1.54) is 0 Å². The van der Waals surface area contributed by atoms with Crippen LogP contribution in [0, 0.1) is 0 Å². The van der Waals surface area contributed by atoms with Crippen molar-refractivity contribution in [2.24, 2.45) is 5.73 Å². The highest BCUT2D eigenvalue weighted by Crippen LogP contribution is 2.37. The highest BCUT2D eigenvalue weighted by atomic mass is 16.5. The first-order valence-corrected chi connectivity index (χ1v) is 5.38. The summed E-state index contributed by atoms with van der Waals surface area (Å²) in [6, 6.07) is 0. The molecule has 82 valence electrons. The number of hydrogen-bond donors (Lipinski definition) is 3. The van der Waals surface area contributed by atoms with Crippen LogP contribution in [0.2, 0.25) is 0 Å². The maximum Gasteiger partial charge on any atom is 0.101 e. The Labute approximate surface area is 84.8 Å². The molecule has 0 aromatic heterocycles. The van der Waals surface area contributed by atoms with Crippen LogP contribution in [0.25, 0.3) is 0 Å². The molecule has 0 aromatic carbocycles. The molecule has 0 aromatic rings. The van der Waals surface area contributed by atoms with E-state index in [0.29, 0.717) is 6.61 Å². The van der Waals surface area contributed by atoms with Crippen LogP contribution in [0.1, 0.15) is 26.2 Å². The zero-order valence-corrected chi connectivity index (χ0v) is 8.75. The third-order valence-electron chi connectivity index (χ3n) is 3.60. The van der Waals surface area contributed by atoms with Gasteiger partial charge in [0.15, 0.2) is 0 Å². The van der Waals surface area contributed by atoms with Gasteiger partial charge in [0.25, 0.3) is 0 Å². The third-order valence-corrected chi connectivity index (χ3v) is 3.60. The predicted octanol–water partition coefficient (Wildman–Crippen LogP) is -0.393. The number of ether oxygens (including phenoxy) is 1. The molecule has 0 unspecified atom stereocenters. The van der Waals surface area contributed by atoms with Crippen molar-refractivity contribution in [2.75, 3.05) is 19.7 Å². The molecule has 2 aliphatic heterocycles. The molecule has 4 N–H and O–H groups in total. The summed E-state index contributed by atoms with van der Waals surface area (Å²) in [5.41, 5.74) is 5.20. The molecule has 4 heteroatoms. The Morgan fingerprint density at radius 2 is 2.00 bits per heavy atom. The van der Waals surface area contributed by atoms with Crippen LogP contribution in [0.3, 0.4) is 0 Å². The summed E-state index contributed by atoms with van der Waals surface area (Å²) in [4.78, 5) is 0. The zero-order chi connectivity index (χ0) is 10.2. The molecule has 4 nitrogen and oxygen atoms in total. The second-order valence-electron chi connectivity index (χ2n) is 4.82. The van der Waals surface area contributed by atoms with E-state index in [2.05, 4.69) is 5.32 Å². The molecule has 0 aliphatic carbocycles. The largest absolute Gasteiger partial charge is 0.388 e. The topological polar surface area (TPSA) is 67.5 Å². The minimum Gasteiger partial charge on any atom is -0.388 e. The average molecular weight is 200 g/mol. The summed E-state index contributed by atoms with van der Waals surface area (Å²) in [5.74, 6) is 0. The Morgan fingerprint density at radius 1 is 1.36 bits per heavy atom. The molecule has 1 spiro atoms. The highest BCUT2D eigenvalue weighted by Gasteiger charge is 2.50. The van der Waals surface area contributed by atoms with Gasteiger partial charge in [0.1, 0.15) is 6.10 Å². The summed E-state index contributed by atoms with van der Waals surface area (Å²) < 4.78 is 5.78. The lowest BCUT2D eigenvalue weighted by Crippen LogP contribution is -2.67. The van der Waals surface area contributed by atoms with Crippen LogP contribution in [-0.2, 0) is 4.74 Å². The van der Waals surface area contributed by atoms with Crippen molar-refractivity contribution in [1.82, 2.24) is 5.32 Å². The van der Waals surface area contributed by atoms with Gasteiger partial charge in [-0.2, -0.15) is 0 Å². The van der Waals surface area contributed by atoms with Gasteiger partial charge < -0.3 is 20.9 Å². The van der Waals surface area contributed by atoms with Crippen LogP contribution in [0.5, 0.6) is 0 Å². The first kappa shape index (κ1) is 10.4. The molecule has 14 heavy (non-hydrogen) atoms. The van der Waals surface area contributed by atoms with E-state index < -0.39 is 11.6 Å². The van der Waals surface area contributed by atoms with Crippen LogP contribution < -0.4 is 11.1 Å². The fraction of sp³-hybridized carbons (Fsp3) is 1.00. The van der Waals surface area contributed by atoms with Crippen LogP contribution in [-0.4, -0.2) is 42.0 Å². The van der Waals surface area contributed by atoms with Crippen LogP contribution >= 0.6 is 0 Å². The van der Waals surface area contributed by atoms with E-state index >= 15 is 0 Å². The lowest BCUT2D eigenvalue weighted by Gasteiger charge is -2.50. The molecule has 0 radical (unpaired) electrons. The number of hydrogen-bond acceptors (Lipinski definition) is 4. The summed E-state index contributed by atoms with van der Waals surface area (Å²) in [6.45, 7) is 4.41. The molecular weight excluding hydrogens is 180 g/mol. The Kier molecular flexibility index (Phi) is 2.55. The smallest absolute Gasteiger partial charge is 0.101 e. The Bertz CT molecular complexity index is 207. The quantitative estimate of drug-likeness (QED) is 0.498. The van der Waals surface area contributed by atoms with Gasteiger partial charge in [-0.25, -0.2) is 0 Å². The lowest BCUT2D eigenvalue weighted by atomic mass is 9.74. The minimum atomic E-state index is -0.536. The van der Waals surface area contributed by atoms with Gasteiger partial charge in [0.2, 0.25) is 0 Å². The summed E-state index contributed by atoms with van der Waals surface area (Å²) in [5, 5.41) is 13.5. The molecular formula is C10H20N2O2. The van der Waals surface area contributed by atoms with E-state index in [0.717, 1.165) is 32.4 Å². The Balaban J connectivity index is 2.16. The standard InChI is InChI=1S/C10H20N2O2/c1-9(11)4-7-14-10(8(9)13)2-5-12-6-3-10/h8,12-13H,2-7,11H2,1H3/t8-,9+/m0/s1. The lowest BCUT2D eigenvalue weighted by molar-refractivity contribution is -0.193. The zero-order valence-electron chi connectivity index (χ0n) is 8.75. The van der Waals surface area contributed by atoms with E-state index in [9.17, 15) is 5.11 Å². The normalized spacial score (nSPS) is 42.6. The first-order chi connectivity index (χ1) is 6.57. The number of aliphatic hydroxyl groups excluding tert-OH is 1. The molecule has 0 bridgehead atoms. The van der Waals surface area contributed by atoms with Crippen molar-refractivity contribution in [2.45, 2.75) is 43.4 Å². The molecule has 0 amide bonds. The molecule has 2 aliphatic rings. The first-order valence-electron chi connectivity index (χ1n) is 5.38. The molecule has 2 rings (SSSR count).